The number of esters is 2. The summed E-state index contributed by atoms with van der Waals surface area (Å²) in [7, 11) is 2.48. The number of aliphatic hydroxyl groups excluding tert-OH is 1. The Morgan fingerprint density at radius 3 is 1.88 bits per heavy atom. The molecule has 1 heterocycles. The summed E-state index contributed by atoms with van der Waals surface area (Å²) >= 11 is 6.55. The quantitative estimate of drug-likeness (QED) is 0.0107. The summed E-state index contributed by atoms with van der Waals surface area (Å²) in [6, 6.07) is 23.5. The molecule has 4 aromatic carbocycles. The van der Waals surface area contributed by atoms with E-state index in [-0.39, 0.29) is 53.7 Å². The first-order valence-electron chi connectivity index (χ1n) is 20.1. The van der Waals surface area contributed by atoms with Crippen LogP contribution in [0.15, 0.2) is 93.9 Å². The molecule has 0 saturated carbocycles. The van der Waals surface area contributed by atoms with E-state index in [1.807, 2.05) is 0 Å². The molecule has 0 aliphatic carbocycles. The summed E-state index contributed by atoms with van der Waals surface area (Å²) in [5.74, 6) is -2.07. The van der Waals surface area contributed by atoms with Crippen molar-refractivity contribution in [2.24, 2.45) is 0 Å². The normalized spacial score (nSPS) is 9.46. The van der Waals surface area contributed by atoms with Crippen LogP contribution in [-0.4, -0.2) is 80.0 Å². The topological polar surface area (TPSA) is 310 Å². The van der Waals surface area contributed by atoms with Crippen molar-refractivity contribution in [2.75, 3.05) is 26.1 Å². The van der Waals surface area contributed by atoms with E-state index in [0.29, 0.717) is 46.9 Å². The van der Waals surface area contributed by atoms with Gasteiger partial charge in [0.1, 0.15) is 6.07 Å². The molecule has 0 aliphatic rings. The van der Waals surface area contributed by atoms with Crippen LogP contribution in [0, 0.1) is 27.0 Å². The molecule has 0 radical (unpaired) electrons. The monoisotopic (exact) mass is 1060 g/mol. The Balaban J connectivity index is 0. The number of aromatic nitrogens is 4. The molecule has 0 bridgehead atoms. The summed E-state index contributed by atoms with van der Waals surface area (Å²) in [5.41, 5.74) is 14.0. The third-order valence-corrected chi connectivity index (χ3v) is 9.59. The van der Waals surface area contributed by atoms with Crippen LogP contribution in [0.4, 0.5) is 11.4 Å². The van der Waals surface area contributed by atoms with Crippen molar-refractivity contribution in [1.82, 2.24) is 20.2 Å². The van der Waals surface area contributed by atoms with E-state index in [0.717, 1.165) is 53.2 Å². The van der Waals surface area contributed by atoms with Gasteiger partial charge in [-0.05, 0) is 101 Å². The van der Waals surface area contributed by atoms with Gasteiger partial charge in [-0.1, -0.05) is 84.2 Å². The summed E-state index contributed by atoms with van der Waals surface area (Å²) in [6.07, 6.45) is 9.04. The number of aromatic carboxylic acids is 1. The van der Waals surface area contributed by atoms with Gasteiger partial charge in [-0.2, -0.15) is 10.1 Å². The number of halogens is 2. The van der Waals surface area contributed by atoms with Crippen molar-refractivity contribution < 1.29 is 74.8 Å². The number of unbranched alkanes of at least 4 members (excludes halogenated alkanes) is 6. The number of nitro benzene ring substituents is 1. The van der Waals surface area contributed by atoms with Crippen molar-refractivity contribution in [3.8, 4) is 17.5 Å². The number of aryl methyl sites for hydroxylation is 1. The number of amides is 1. The minimum atomic E-state index is -0.896. The van der Waals surface area contributed by atoms with Gasteiger partial charge in [-0.15, -0.1) is 15.7 Å². The standard InChI is InChI=1S/C22H24BrN5O3.C9H6N2O4.C7H5BrO2.C6H14O.HN3.Na.H2/c1-3-4-5-6-13-28-26-20(25-27-28)19-14-17(11-12-18(19)22(30)31-2)24-21(29)15-7-9-16(23)10-8-15;1-15-9(12)8-3-2-7(11(13)14)4-6(8)5-10;8-6-3-1-5(2-4-6)7(9)10;1-2-3-4-5-6-7;1-3-2;;/h7-12,14H,3-6,13H2,1-2H3,(H,24,29);2-4H,1H3;1-4H,(H,9,10);7H,2-6H2,1H3;1H;;1H/q;;;;;+1;. The number of aliphatic hydroxyl groups is 1. The van der Waals surface area contributed by atoms with Crippen LogP contribution in [0.5, 0.6) is 0 Å². The summed E-state index contributed by atoms with van der Waals surface area (Å²) in [5, 5.41) is 51.3. The zero-order valence-corrected chi connectivity index (χ0v) is 42.8. The third-order valence-electron chi connectivity index (χ3n) is 8.54. The van der Waals surface area contributed by atoms with Gasteiger partial charge in [0.2, 0.25) is 5.82 Å². The zero-order chi connectivity index (χ0) is 49.4. The second-order valence-electron chi connectivity index (χ2n) is 13.3. The number of hydrogen-bond donors (Lipinski definition) is 4. The van der Waals surface area contributed by atoms with E-state index in [1.54, 1.807) is 77.7 Å². The number of tetrazole rings is 1. The number of nitriles is 1. The maximum atomic E-state index is 12.6. The largest absolute Gasteiger partial charge is 1.00 e. The molecule has 0 spiro atoms. The average Bonchev–Trinajstić information content (AvgIpc) is 3.80. The van der Waals surface area contributed by atoms with Gasteiger partial charge in [0.05, 0.1) is 47.9 Å². The molecule has 1 amide bonds. The van der Waals surface area contributed by atoms with Crippen LogP contribution in [0.1, 0.15) is 114 Å². The number of hydrogen-bond acceptors (Lipinski definition) is 14. The molecule has 20 nitrogen and oxygen atoms in total. The number of carbonyl (C=O) groups excluding carboxylic acids is 3. The fourth-order valence-electron chi connectivity index (χ4n) is 5.18. The molecule has 4 N–H and O–H groups in total. The van der Waals surface area contributed by atoms with Gasteiger partial charge in [0, 0.05) is 45.9 Å². The minimum Gasteiger partial charge on any atom is -0.478 e. The van der Waals surface area contributed by atoms with E-state index in [2.05, 4.69) is 71.2 Å². The summed E-state index contributed by atoms with van der Waals surface area (Å²) < 4.78 is 11.1. The number of nitrogens with one attached hydrogen (secondary N) is 2. The maximum Gasteiger partial charge on any atom is 1.00 e. The van der Waals surface area contributed by atoms with Crippen molar-refractivity contribution in [2.45, 2.75) is 71.8 Å². The SMILES string of the molecule is CCCCCCO.CCCCCCn1nnc(-c2cc(NC(=O)c3ccc(Br)cc3)ccc2C(=O)OC)n1.COC(=O)c1ccc([N+](=O)[O-])cc1C#N.O=C(O)c1ccc(Br)cc1.[HH].[N-]=[N+]=N.[Na+]. The van der Waals surface area contributed by atoms with Crippen molar-refractivity contribution >= 4 is 67.0 Å². The molecule has 352 valence electrons. The molecule has 0 fully saturated rings. The molecule has 0 atom stereocenters. The Morgan fingerprint density at radius 1 is 0.866 bits per heavy atom. The van der Waals surface area contributed by atoms with Crippen LogP contribution < -0.4 is 34.9 Å². The number of benzene rings is 4. The average molecular weight is 1060 g/mol. The number of carboxylic acids is 1. The minimum absolute atomic E-state index is 0. The van der Waals surface area contributed by atoms with Gasteiger partial charge in [0.25, 0.3) is 11.6 Å². The van der Waals surface area contributed by atoms with Crippen LogP contribution in [-0.2, 0) is 16.0 Å². The number of anilines is 1. The van der Waals surface area contributed by atoms with Gasteiger partial charge in [-0.25, -0.2) is 14.4 Å². The summed E-state index contributed by atoms with van der Waals surface area (Å²) in [4.78, 5) is 59.3. The number of carboxylic acid groups (broad SMARTS) is 1. The molecule has 5 rings (SSSR count). The second kappa shape index (κ2) is 35.2. The summed E-state index contributed by atoms with van der Waals surface area (Å²) in [6.45, 7) is 5.33. The predicted molar refractivity (Wildman–Crippen MR) is 254 cm³/mol. The van der Waals surface area contributed by atoms with Crippen LogP contribution in [0.3, 0.4) is 0 Å². The van der Waals surface area contributed by atoms with Gasteiger partial charge < -0.3 is 25.0 Å². The van der Waals surface area contributed by atoms with Gasteiger partial charge >= 0.3 is 47.5 Å². The van der Waals surface area contributed by atoms with E-state index in [4.69, 9.17) is 31.3 Å². The van der Waals surface area contributed by atoms with E-state index in [1.165, 1.54) is 44.3 Å². The van der Waals surface area contributed by atoms with Crippen LogP contribution in [0.25, 0.3) is 21.8 Å². The first-order valence-corrected chi connectivity index (χ1v) is 21.7. The smallest absolute Gasteiger partial charge is 0.478 e. The molecule has 0 aliphatic heterocycles. The molecule has 5 aromatic rings. The maximum absolute atomic E-state index is 12.6. The fourth-order valence-corrected chi connectivity index (χ4v) is 5.71. The number of nitro groups is 1. The third kappa shape index (κ3) is 23.3. The van der Waals surface area contributed by atoms with E-state index >= 15 is 0 Å². The van der Waals surface area contributed by atoms with Gasteiger partial charge in [0.15, 0.2) is 0 Å². The van der Waals surface area contributed by atoms with Crippen molar-refractivity contribution in [3.63, 3.8) is 0 Å². The number of nitrogens with zero attached hydrogens (tertiary/aromatic N) is 8. The molecule has 1 aromatic heterocycles. The Kier molecular flexibility index (Phi) is 32.0. The van der Waals surface area contributed by atoms with Gasteiger partial charge in [-0.3, -0.25) is 14.9 Å². The number of carbonyl (C=O) groups is 4. The Labute approximate surface area is 427 Å². The van der Waals surface area contributed by atoms with Crippen molar-refractivity contribution in [3.05, 3.63) is 142 Å². The number of methoxy groups -OCH3 is 2. The van der Waals surface area contributed by atoms with E-state index in [9.17, 15) is 29.3 Å². The Hall–Kier alpha value is -6.05. The first-order chi connectivity index (χ1) is 31.6. The molecule has 67 heavy (non-hydrogen) atoms. The second-order valence-corrected chi connectivity index (χ2v) is 15.1. The first kappa shape index (κ1) is 60.9. The number of rotatable bonds is 16. The van der Waals surface area contributed by atoms with E-state index < -0.39 is 22.8 Å². The molecule has 23 heteroatoms. The molecule has 0 unspecified atom stereocenters. The molecular weight excluding hydrogens is 1010 g/mol. The number of ether oxygens (including phenoxy) is 2. The fraction of sp³-hybridized carbons (Fsp3) is 0.318. The van der Waals surface area contributed by atoms with Crippen molar-refractivity contribution in [1.29, 1.82) is 10.8 Å². The van der Waals surface area contributed by atoms with Crippen LogP contribution in [0.2, 0.25) is 0 Å². The number of non-ortho nitro benzene ring substituents is 1. The zero-order valence-electron chi connectivity index (χ0n) is 37.6. The Morgan fingerprint density at radius 2 is 1.39 bits per heavy atom. The van der Waals surface area contributed by atoms with Crippen LogP contribution >= 0.6 is 31.9 Å². The molecule has 0 saturated heterocycles. The Bertz CT molecular complexity index is 2410. The molecular formula is C44H52Br2N10NaO10+. The predicted octanol–water partition coefficient (Wildman–Crippen LogP) is 7.81.